The molecular weight excluding hydrogens is 297 g/mol. The fourth-order valence-electron chi connectivity index (χ4n) is 2.38. The molecule has 0 bridgehead atoms. The second-order valence-corrected chi connectivity index (χ2v) is 5.89. The van der Waals surface area contributed by atoms with Crippen molar-refractivity contribution >= 4 is 34.8 Å². The molecule has 2 rings (SSSR count). The SMILES string of the molecule is CN(CC(=O)Nc1ccc(Cl)c(Cl)c1)C1CCNCC1. The fraction of sp³-hybridized carbons (Fsp3) is 0.500. The van der Waals surface area contributed by atoms with Crippen LogP contribution in [0.3, 0.4) is 0 Å². The Bertz CT molecular complexity index is 475. The number of piperidine rings is 1. The fourth-order valence-corrected chi connectivity index (χ4v) is 2.68. The highest BCUT2D eigenvalue weighted by Crippen LogP contribution is 2.25. The van der Waals surface area contributed by atoms with Crippen LogP contribution >= 0.6 is 23.2 Å². The van der Waals surface area contributed by atoms with Crippen LogP contribution in [-0.4, -0.2) is 43.5 Å². The Balaban J connectivity index is 1.86. The van der Waals surface area contributed by atoms with E-state index in [1.54, 1.807) is 18.2 Å². The van der Waals surface area contributed by atoms with Crippen LogP contribution in [-0.2, 0) is 4.79 Å². The lowest BCUT2D eigenvalue weighted by Crippen LogP contribution is -2.44. The number of nitrogens with one attached hydrogen (secondary N) is 2. The first kappa shape index (κ1) is 15.6. The quantitative estimate of drug-likeness (QED) is 0.897. The molecule has 0 aliphatic carbocycles. The summed E-state index contributed by atoms with van der Waals surface area (Å²) in [5.41, 5.74) is 0.670. The Hall–Kier alpha value is -0.810. The molecule has 1 aromatic carbocycles. The number of likely N-dealkylation sites (N-methyl/N-ethyl adjacent to an activating group) is 1. The lowest BCUT2D eigenvalue weighted by molar-refractivity contribution is -0.117. The zero-order valence-electron chi connectivity index (χ0n) is 11.5. The van der Waals surface area contributed by atoms with Gasteiger partial charge in [0.2, 0.25) is 5.91 Å². The van der Waals surface area contributed by atoms with Crippen molar-refractivity contribution in [2.75, 3.05) is 32.0 Å². The molecule has 0 unspecified atom stereocenters. The average Bonchev–Trinajstić information content (AvgIpc) is 2.44. The molecule has 20 heavy (non-hydrogen) atoms. The number of benzene rings is 1. The molecule has 1 saturated heterocycles. The highest BCUT2D eigenvalue weighted by atomic mass is 35.5. The minimum absolute atomic E-state index is 0.0376. The van der Waals surface area contributed by atoms with Gasteiger partial charge in [-0.2, -0.15) is 0 Å². The zero-order valence-corrected chi connectivity index (χ0v) is 13.0. The summed E-state index contributed by atoms with van der Waals surface area (Å²) in [6, 6.07) is 5.55. The topological polar surface area (TPSA) is 44.4 Å². The van der Waals surface area contributed by atoms with Crippen LogP contribution in [0.1, 0.15) is 12.8 Å². The third kappa shape index (κ3) is 4.35. The van der Waals surface area contributed by atoms with Crippen molar-refractivity contribution in [3.05, 3.63) is 28.2 Å². The number of hydrogen-bond donors (Lipinski definition) is 2. The lowest BCUT2D eigenvalue weighted by atomic mass is 10.1. The van der Waals surface area contributed by atoms with Gasteiger partial charge in [-0.3, -0.25) is 9.69 Å². The van der Waals surface area contributed by atoms with Crippen molar-refractivity contribution in [1.29, 1.82) is 0 Å². The molecule has 1 amide bonds. The molecule has 1 aliphatic heterocycles. The molecule has 0 atom stereocenters. The van der Waals surface area contributed by atoms with Gasteiger partial charge in [0.05, 0.1) is 16.6 Å². The summed E-state index contributed by atoms with van der Waals surface area (Å²) in [6.07, 6.45) is 2.16. The van der Waals surface area contributed by atoms with Gasteiger partial charge < -0.3 is 10.6 Å². The predicted molar refractivity (Wildman–Crippen MR) is 83.6 cm³/mol. The summed E-state index contributed by atoms with van der Waals surface area (Å²) >= 11 is 11.8. The van der Waals surface area contributed by atoms with E-state index in [9.17, 15) is 4.79 Å². The summed E-state index contributed by atoms with van der Waals surface area (Å²) < 4.78 is 0. The van der Waals surface area contributed by atoms with E-state index >= 15 is 0 Å². The Labute approximate surface area is 129 Å². The van der Waals surface area contributed by atoms with Crippen LogP contribution < -0.4 is 10.6 Å². The summed E-state index contributed by atoms with van der Waals surface area (Å²) in [5.74, 6) is -0.0376. The van der Waals surface area contributed by atoms with Crippen molar-refractivity contribution in [3.8, 4) is 0 Å². The van der Waals surface area contributed by atoms with Crippen LogP contribution in [0, 0.1) is 0 Å². The second kappa shape index (κ2) is 7.27. The molecule has 1 fully saturated rings. The van der Waals surface area contributed by atoms with E-state index in [2.05, 4.69) is 15.5 Å². The number of amides is 1. The molecular formula is C14H19Cl2N3O. The van der Waals surface area contributed by atoms with Crippen LogP contribution in [0.2, 0.25) is 10.0 Å². The number of carbonyl (C=O) groups excluding carboxylic acids is 1. The van der Waals surface area contributed by atoms with Gasteiger partial charge in [0.15, 0.2) is 0 Å². The first-order valence-corrected chi connectivity index (χ1v) is 7.47. The van der Waals surface area contributed by atoms with Crippen LogP contribution in [0.5, 0.6) is 0 Å². The minimum Gasteiger partial charge on any atom is -0.325 e. The van der Waals surface area contributed by atoms with E-state index in [1.165, 1.54) is 0 Å². The highest BCUT2D eigenvalue weighted by molar-refractivity contribution is 6.42. The Morgan fingerprint density at radius 1 is 1.35 bits per heavy atom. The van der Waals surface area contributed by atoms with Crippen molar-refractivity contribution < 1.29 is 4.79 Å². The minimum atomic E-state index is -0.0376. The van der Waals surface area contributed by atoms with Crippen LogP contribution in [0.4, 0.5) is 5.69 Å². The van der Waals surface area contributed by atoms with Gasteiger partial charge in [0, 0.05) is 11.7 Å². The lowest BCUT2D eigenvalue weighted by Gasteiger charge is -2.31. The maximum Gasteiger partial charge on any atom is 0.238 e. The van der Waals surface area contributed by atoms with E-state index in [-0.39, 0.29) is 5.91 Å². The molecule has 110 valence electrons. The van der Waals surface area contributed by atoms with E-state index in [4.69, 9.17) is 23.2 Å². The maximum atomic E-state index is 12.0. The zero-order chi connectivity index (χ0) is 14.5. The third-order valence-corrected chi connectivity index (χ3v) is 4.27. The van der Waals surface area contributed by atoms with E-state index in [0.717, 1.165) is 25.9 Å². The van der Waals surface area contributed by atoms with Gasteiger partial charge in [-0.25, -0.2) is 0 Å². The first-order valence-electron chi connectivity index (χ1n) is 6.72. The van der Waals surface area contributed by atoms with Crippen LogP contribution in [0.15, 0.2) is 18.2 Å². The molecule has 0 saturated carbocycles. The Kier molecular flexibility index (Phi) is 5.66. The molecule has 0 aromatic heterocycles. The smallest absolute Gasteiger partial charge is 0.238 e. The number of nitrogens with zero attached hydrogens (tertiary/aromatic N) is 1. The molecule has 1 aromatic rings. The summed E-state index contributed by atoms with van der Waals surface area (Å²) in [7, 11) is 1.99. The van der Waals surface area contributed by atoms with Gasteiger partial charge in [-0.1, -0.05) is 23.2 Å². The number of rotatable bonds is 4. The van der Waals surface area contributed by atoms with Crippen molar-refractivity contribution in [3.63, 3.8) is 0 Å². The number of hydrogen-bond acceptors (Lipinski definition) is 3. The standard InChI is InChI=1S/C14H19Cl2N3O/c1-19(11-4-6-17-7-5-11)9-14(20)18-10-2-3-12(15)13(16)8-10/h2-3,8,11,17H,4-7,9H2,1H3,(H,18,20). The number of anilines is 1. The molecule has 1 aliphatic rings. The molecule has 0 radical (unpaired) electrons. The number of carbonyl (C=O) groups is 1. The number of halogens is 2. The van der Waals surface area contributed by atoms with Crippen molar-refractivity contribution in [1.82, 2.24) is 10.2 Å². The predicted octanol–water partition coefficient (Wildman–Crippen LogP) is 2.62. The van der Waals surface area contributed by atoms with Gasteiger partial charge in [-0.15, -0.1) is 0 Å². The first-order chi connectivity index (χ1) is 9.56. The van der Waals surface area contributed by atoms with Gasteiger partial charge >= 0.3 is 0 Å². The largest absolute Gasteiger partial charge is 0.325 e. The van der Waals surface area contributed by atoms with E-state index in [1.807, 2.05) is 7.05 Å². The van der Waals surface area contributed by atoms with Gasteiger partial charge in [-0.05, 0) is 51.2 Å². The third-order valence-electron chi connectivity index (χ3n) is 3.53. The molecule has 6 heteroatoms. The Morgan fingerprint density at radius 2 is 2.05 bits per heavy atom. The van der Waals surface area contributed by atoms with E-state index in [0.29, 0.717) is 28.3 Å². The van der Waals surface area contributed by atoms with E-state index < -0.39 is 0 Å². The van der Waals surface area contributed by atoms with Crippen molar-refractivity contribution in [2.45, 2.75) is 18.9 Å². The molecule has 0 spiro atoms. The molecule has 2 N–H and O–H groups in total. The normalized spacial score (nSPS) is 16.4. The highest BCUT2D eigenvalue weighted by Gasteiger charge is 2.19. The average molecular weight is 316 g/mol. The van der Waals surface area contributed by atoms with Gasteiger partial charge in [0.1, 0.15) is 0 Å². The molecule has 4 nitrogen and oxygen atoms in total. The monoisotopic (exact) mass is 315 g/mol. The Morgan fingerprint density at radius 3 is 2.70 bits per heavy atom. The second-order valence-electron chi connectivity index (χ2n) is 5.07. The summed E-state index contributed by atoms with van der Waals surface area (Å²) in [5, 5.41) is 7.08. The summed E-state index contributed by atoms with van der Waals surface area (Å²) in [6.45, 7) is 2.41. The maximum absolute atomic E-state index is 12.0. The van der Waals surface area contributed by atoms with Gasteiger partial charge in [0.25, 0.3) is 0 Å². The summed E-state index contributed by atoms with van der Waals surface area (Å²) in [4.78, 5) is 14.1. The molecule has 1 heterocycles. The van der Waals surface area contributed by atoms with Crippen LogP contribution in [0.25, 0.3) is 0 Å². The van der Waals surface area contributed by atoms with Crippen molar-refractivity contribution in [2.24, 2.45) is 0 Å².